The third-order valence-corrected chi connectivity index (χ3v) is 5.52. The summed E-state index contributed by atoms with van der Waals surface area (Å²) in [4.78, 5) is 12.0. The number of primary amides is 1. The van der Waals surface area contributed by atoms with Crippen molar-refractivity contribution in [2.75, 3.05) is 7.11 Å². The van der Waals surface area contributed by atoms with Gasteiger partial charge in [-0.15, -0.1) is 0 Å². The number of rotatable bonds is 5. The van der Waals surface area contributed by atoms with Crippen LogP contribution in [0.1, 0.15) is 32.6 Å². The molecule has 0 saturated carbocycles. The molecule has 0 fully saturated rings. The molecule has 1 amide bonds. The molecule has 3 aromatic carbocycles. The molecule has 0 radical (unpaired) electrons. The number of hydrogen-bond donors (Lipinski definition) is 1. The van der Waals surface area contributed by atoms with E-state index in [0.29, 0.717) is 33.9 Å². The molecule has 0 bridgehead atoms. The van der Waals surface area contributed by atoms with Gasteiger partial charge in [-0.25, -0.2) is 0 Å². The fourth-order valence-corrected chi connectivity index (χ4v) is 4.12. The molecule has 4 aromatic rings. The number of benzene rings is 3. The summed E-state index contributed by atoms with van der Waals surface area (Å²) >= 11 is 0. The summed E-state index contributed by atoms with van der Waals surface area (Å²) in [5, 5.41) is 1.06. The third-order valence-electron chi connectivity index (χ3n) is 5.52. The number of halogens is 6. The summed E-state index contributed by atoms with van der Waals surface area (Å²) in [7, 11) is 1.49. The molecule has 178 valence electrons. The van der Waals surface area contributed by atoms with Gasteiger partial charge in [0.05, 0.1) is 23.3 Å². The summed E-state index contributed by atoms with van der Waals surface area (Å²) in [6.07, 6.45) is -9.91. The van der Waals surface area contributed by atoms with Crippen molar-refractivity contribution in [1.29, 1.82) is 0 Å². The lowest BCUT2D eigenvalue weighted by atomic mass is 10.0. The maximum atomic E-state index is 13.4. The summed E-state index contributed by atoms with van der Waals surface area (Å²) in [6, 6.07) is 11.4. The van der Waals surface area contributed by atoms with Gasteiger partial charge in [-0.1, -0.05) is 18.2 Å². The Kier molecular flexibility index (Phi) is 5.80. The van der Waals surface area contributed by atoms with E-state index in [1.54, 1.807) is 34.9 Å². The molecule has 34 heavy (non-hydrogen) atoms. The van der Waals surface area contributed by atoms with Crippen molar-refractivity contribution >= 4 is 27.7 Å². The molecule has 0 unspecified atom stereocenters. The third kappa shape index (κ3) is 4.33. The van der Waals surface area contributed by atoms with Crippen molar-refractivity contribution in [3.05, 3.63) is 82.4 Å². The van der Waals surface area contributed by atoms with Gasteiger partial charge in [-0.3, -0.25) is 4.79 Å². The molecule has 0 saturated heterocycles. The smallest absolute Gasteiger partial charge is 0.380 e. The predicted octanol–water partition coefficient (Wildman–Crippen LogP) is 6.13. The number of aromatic nitrogens is 1. The van der Waals surface area contributed by atoms with E-state index in [1.165, 1.54) is 13.2 Å². The monoisotopic (exact) mass is 480 g/mol. The molecule has 1 heterocycles. The minimum absolute atomic E-state index is 0.0945. The van der Waals surface area contributed by atoms with Crippen LogP contribution in [-0.2, 0) is 30.2 Å². The summed E-state index contributed by atoms with van der Waals surface area (Å²) < 4.78 is 86.9. The molecule has 0 aliphatic heterocycles. The average Bonchev–Trinajstić information content (AvgIpc) is 3.05. The van der Waals surface area contributed by atoms with Crippen molar-refractivity contribution in [3.8, 4) is 0 Å². The zero-order chi connectivity index (χ0) is 24.8. The van der Waals surface area contributed by atoms with Crippen LogP contribution in [0.4, 0.5) is 26.3 Å². The first-order chi connectivity index (χ1) is 15.9. The molecule has 2 N–H and O–H groups in total. The minimum atomic E-state index is -4.96. The normalized spacial score (nSPS) is 12.6. The first kappa shape index (κ1) is 23.6. The maximum Gasteiger partial charge on any atom is 0.416 e. The number of amides is 1. The number of methoxy groups -OCH3 is 1. The second-order valence-corrected chi connectivity index (χ2v) is 7.85. The number of fused-ring (bicyclic) bond motifs is 3. The second kappa shape index (κ2) is 8.35. The SMILES string of the molecule is COCc1ccc2c3c(C(N)=O)cccc3n(Cc3cc(C(F)(F)F)cc(C(F)(F)F)c3)c2c1. The predicted molar refractivity (Wildman–Crippen MR) is 114 cm³/mol. The number of nitrogens with two attached hydrogens (primary N) is 1. The van der Waals surface area contributed by atoms with Gasteiger partial charge < -0.3 is 15.0 Å². The van der Waals surface area contributed by atoms with E-state index in [1.807, 2.05) is 0 Å². The van der Waals surface area contributed by atoms with Crippen LogP contribution in [0.25, 0.3) is 21.8 Å². The first-order valence-electron chi connectivity index (χ1n) is 10.0. The molecule has 4 nitrogen and oxygen atoms in total. The molecular formula is C24H18F6N2O2. The van der Waals surface area contributed by atoms with Crippen LogP contribution in [0.3, 0.4) is 0 Å². The molecule has 1 aromatic heterocycles. The van der Waals surface area contributed by atoms with Gasteiger partial charge >= 0.3 is 12.4 Å². The van der Waals surface area contributed by atoms with Crippen LogP contribution in [0.15, 0.2) is 54.6 Å². The zero-order valence-corrected chi connectivity index (χ0v) is 17.7. The topological polar surface area (TPSA) is 57.2 Å². The van der Waals surface area contributed by atoms with Crippen molar-refractivity contribution in [1.82, 2.24) is 4.57 Å². The van der Waals surface area contributed by atoms with E-state index in [9.17, 15) is 31.1 Å². The van der Waals surface area contributed by atoms with E-state index in [-0.39, 0.29) is 30.3 Å². The molecule has 0 atom stereocenters. The van der Waals surface area contributed by atoms with Crippen molar-refractivity contribution in [2.24, 2.45) is 5.73 Å². The molecule has 0 aliphatic carbocycles. The standard InChI is InChI=1S/C24H18F6N2O2/c1-34-12-13-5-6-17-20(9-13)32(19-4-2-3-18(21(17)19)22(31)33)11-14-7-15(23(25,26)27)10-16(8-14)24(28,29)30/h2-10H,11-12H2,1H3,(H2,31,33). The highest BCUT2D eigenvalue weighted by Gasteiger charge is 2.37. The summed E-state index contributed by atoms with van der Waals surface area (Å²) in [5.74, 6) is -0.705. The lowest BCUT2D eigenvalue weighted by Crippen LogP contribution is -2.13. The Labute approximate surface area is 189 Å². The van der Waals surface area contributed by atoms with E-state index in [0.717, 1.165) is 5.56 Å². The number of nitrogens with zero attached hydrogens (tertiary/aromatic N) is 1. The van der Waals surface area contributed by atoms with Crippen LogP contribution in [0, 0.1) is 0 Å². The van der Waals surface area contributed by atoms with Gasteiger partial charge in [0.15, 0.2) is 0 Å². The molecule has 4 rings (SSSR count). The number of carbonyl (C=O) groups is 1. The molecule has 0 aliphatic rings. The van der Waals surface area contributed by atoms with Gasteiger partial charge in [-0.2, -0.15) is 26.3 Å². The Balaban J connectivity index is 2.00. The van der Waals surface area contributed by atoms with Gasteiger partial charge in [0.1, 0.15) is 0 Å². The Morgan fingerprint density at radius 1 is 0.882 bits per heavy atom. The van der Waals surface area contributed by atoms with Crippen LogP contribution in [0.5, 0.6) is 0 Å². The van der Waals surface area contributed by atoms with Crippen LogP contribution in [-0.4, -0.2) is 17.6 Å². The number of hydrogen-bond acceptors (Lipinski definition) is 2. The van der Waals surface area contributed by atoms with Crippen LogP contribution >= 0.6 is 0 Å². The highest BCUT2D eigenvalue weighted by Crippen LogP contribution is 2.38. The van der Waals surface area contributed by atoms with Gasteiger partial charge in [-0.05, 0) is 47.5 Å². The highest BCUT2D eigenvalue weighted by molar-refractivity contribution is 6.18. The van der Waals surface area contributed by atoms with E-state index < -0.39 is 29.4 Å². The van der Waals surface area contributed by atoms with E-state index >= 15 is 0 Å². The largest absolute Gasteiger partial charge is 0.416 e. The minimum Gasteiger partial charge on any atom is -0.380 e. The van der Waals surface area contributed by atoms with Crippen molar-refractivity contribution < 1.29 is 35.9 Å². The summed E-state index contributed by atoms with van der Waals surface area (Å²) in [6.45, 7) is -0.0619. The van der Waals surface area contributed by atoms with Crippen molar-refractivity contribution in [2.45, 2.75) is 25.5 Å². The van der Waals surface area contributed by atoms with E-state index in [2.05, 4.69) is 0 Å². The average molecular weight is 480 g/mol. The van der Waals surface area contributed by atoms with Crippen molar-refractivity contribution in [3.63, 3.8) is 0 Å². The first-order valence-corrected chi connectivity index (χ1v) is 10.0. The fraction of sp³-hybridized carbons (Fsp3) is 0.208. The van der Waals surface area contributed by atoms with Gasteiger partial charge in [0, 0.05) is 35.5 Å². The van der Waals surface area contributed by atoms with Gasteiger partial charge in [0.2, 0.25) is 5.91 Å². The second-order valence-electron chi connectivity index (χ2n) is 7.85. The number of ether oxygens (including phenoxy) is 1. The van der Waals surface area contributed by atoms with Gasteiger partial charge in [0.25, 0.3) is 0 Å². The molecule has 10 heteroatoms. The zero-order valence-electron chi connectivity index (χ0n) is 17.7. The lowest BCUT2D eigenvalue weighted by Gasteiger charge is -2.15. The summed E-state index contributed by atoms with van der Waals surface area (Å²) in [5.41, 5.74) is 4.45. The number of carbonyl (C=O) groups excluding carboxylic acids is 1. The Hall–Kier alpha value is -3.53. The molecular weight excluding hydrogens is 462 g/mol. The Morgan fingerprint density at radius 3 is 2.09 bits per heavy atom. The lowest BCUT2D eigenvalue weighted by molar-refractivity contribution is -0.143. The molecule has 0 spiro atoms. The quantitative estimate of drug-likeness (QED) is 0.350. The Morgan fingerprint density at radius 2 is 1.53 bits per heavy atom. The fourth-order valence-electron chi connectivity index (χ4n) is 4.12. The maximum absolute atomic E-state index is 13.4. The van der Waals surface area contributed by atoms with E-state index in [4.69, 9.17) is 10.5 Å². The highest BCUT2D eigenvalue weighted by atomic mass is 19.4. The van der Waals surface area contributed by atoms with Crippen LogP contribution < -0.4 is 5.73 Å². The van der Waals surface area contributed by atoms with Crippen LogP contribution in [0.2, 0.25) is 0 Å². The number of alkyl halides is 6. The Bertz CT molecular complexity index is 1370.